The molecule has 20 heavy (non-hydrogen) atoms. The molecule has 1 heterocycles. The first kappa shape index (κ1) is 14.7. The molecule has 0 saturated carbocycles. The Morgan fingerprint density at radius 1 is 1.30 bits per heavy atom. The van der Waals surface area contributed by atoms with Gasteiger partial charge in [0, 0.05) is 19.2 Å². The molecular formula is C14H17F2NO3. The zero-order valence-corrected chi connectivity index (χ0v) is 11.0. The number of ether oxygens (including phenoxy) is 1. The predicted molar refractivity (Wildman–Crippen MR) is 68.3 cm³/mol. The van der Waals surface area contributed by atoms with Crippen LogP contribution in [-0.4, -0.2) is 41.7 Å². The Morgan fingerprint density at radius 2 is 2.00 bits per heavy atom. The van der Waals surface area contributed by atoms with Gasteiger partial charge in [-0.25, -0.2) is 8.78 Å². The molecule has 0 radical (unpaired) electrons. The van der Waals surface area contributed by atoms with Crippen LogP contribution in [0.25, 0.3) is 0 Å². The average molecular weight is 285 g/mol. The van der Waals surface area contributed by atoms with E-state index in [1.54, 1.807) is 4.90 Å². The van der Waals surface area contributed by atoms with Crippen LogP contribution in [0, 0.1) is 11.6 Å². The van der Waals surface area contributed by atoms with Crippen LogP contribution >= 0.6 is 0 Å². The van der Waals surface area contributed by atoms with Crippen molar-refractivity contribution in [2.24, 2.45) is 0 Å². The molecule has 1 aromatic rings. The van der Waals surface area contributed by atoms with Gasteiger partial charge in [-0.2, -0.15) is 0 Å². The molecule has 0 atom stereocenters. The summed E-state index contributed by atoms with van der Waals surface area (Å²) >= 11 is 0. The number of hydrogen-bond donors (Lipinski definition) is 1. The third-order valence-electron chi connectivity index (χ3n) is 3.29. The lowest BCUT2D eigenvalue weighted by Gasteiger charge is -2.29. The summed E-state index contributed by atoms with van der Waals surface area (Å²) in [5.74, 6) is -1.76. The number of halogens is 2. The van der Waals surface area contributed by atoms with E-state index < -0.39 is 11.6 Å². The number of carbonyl (C=O) groups is 1. The summed E-state index contributed by atoms with van der Waals surface area (Å²) in [6.07, 6.45) is 1.04. The van der Waals surface area contributed by atoms with Gasteiger partial charge in [0.15, 0.2) is 11.6 Å². The van der Waals surface area contributed by atoms with Crippen molar-refractivity contribution in [1.82, 2.24) is 4.90 Å². The second-order valence-corrected chi connectivity index (χ2v) is 4.79. The van der Waals surface area contributed by atoms with Crippen LogP contribution in [-0.2, 0) is 4.79 Å². The number of amides is 1. The van der Waals surface area contributed by atoms with E-state index in [2.05, 4.69) is 0 Å². The fourth-order valence-corrected chi connectivity index (χ4v) is 2.10. The molecule has 1 fully saturated rings. The van der Waals surface area contributed by atoms with E-state index in [-0.39, 0.29) is 30.8 Å². The first-order valence-corrected chi connectivity index (χ1v) is 6.60. The predicted octanol–water partition coefficient (Wildman–Crippen LogP) is 1.72. The Bertz CT molecular complexity index is 473. The maximum atomic E-state index is 12.9. The van der Waals surface area contributed by atoms with Gasteiger partial charge in [0.2, 0.25) is 5.91 Å². The lowest BCUT2D eigenvalue weighted by atomic mass is 10.1. The standard InChI is InChI=1S/C14H17F2NO3/c15-12-2-1-11(9-13(12)16)20-8-5-14(19)17-6-3-10(18)4-7-17/h1-2,9-10,18H,3-8H2. The number of hydrogen-bond acceptors (Lipinski definition) is 3. The molecule has 1 aliphatic heterocycles. The van der Waals surface area contributed by atoms with Gasteiger partial charge in [-0.15, -0.1) is 0 Å². The van der Waals surface area contributed by atoms with Crippen LogP contribution in [0.3, 0.4) is 0 Å². The molecule has 2 rings (SSSR count). The quantitative estimate of drug-likeness (QED) is 0.916. The Labute approximate surface area is 116 Å². The number of piperidine rings is 1. The third kappa shape index (κ3) is 3.90. The van der Waals surface area contributed by atoms with Crippen LogP contribution in [0.4, 0.5) is 8.78 Å². The topological polar surface area (TPSA) is 49.8 Å². The normalized spacial score (nSPS) is 16.2. The smallest absolute Gasteiger partial charge is 0.226 e. The maximum Gasteiger partial charge on any atom is 0.226 e. The lowest BCUT2D eigenvalue weighted by molar-refractivity contribution is -0.133. The number of aliphatic hydroxyl groups excluding tert-OH is 1. The van der Waals surface area contributed by atoms with E-state index in [1.807, 2.05) is 0 Å². The minimum absolute atomic E-state index is 0.0560. The molecule has 1 aliphatic rings. The molecule has 0 spiro atoms. The van der Waals surface area contributed by atoms with E-state index in [4.69, 9.17) is 4.74 Å². The van der Waals surface area contributed by atoms with E-state index in [9.17, 15) is 18.7 Å². The molecule has 0 aromatic heterocycles. The zero-order valence-electron chi connectivity index (χ0n) is 11.0. The largest absolute Gasteiger partial charge is 0.493 e. The summed E-state index contributed by atoms with van der Waals surface area (Å²) in [5, 5.41) is 9.35. The molecule has 1 amide bonds. The fraction of sp³-hybridized carbons (Fsp3) is 0.500. The van der Waals surface area contributed by atoms with Gasteiger partial charge in [-0.3, -0.25) is 4.79 Å². The first-order chi connectivity index (χ1) is 9.56. The van der Waals surface area contributed by atoms with Crippen molar-refractivity contribution in [2.75, 3.05) is 19.7 Å². The summed E-state index contributed by atoms with van der Waals surface area (Å²) < 4.78 is 30.9. The lowest BCUT2D eigenvalue weighted by Crippen LogP contribution is -2.40. The van der Waals surface area contributed by atoms with Crippen LogP contribution in [0.1, 0.15) is 19.3 Å². The minimum Gasteiger partial charge on any atom is -0.493 e. The van der Waals surface area contributed by atoms with Gasteiger partial charge in [0.05, 0.1) is 19.1 Å². The maximum absolute atomic E-state index is 12.9. The monoisotopic (exact) mass is 285 g/mol. The van der Waals surface area contributed by atoms with E-state index >= 15 is 0 Å². The number of aliphatic hydroxyl groups is 1. The van der Waals surface area contributed by atoms with Crippen LogP contribution in [0.2, 0.25) is 0 Å². The van der Waals surface area contributed by atoms with Crippen molar-refractivity contribution in [1.29, 1.82) is 0 Å². The van der Waals surface area contributed by atoms with Crippen molar-refractivity contribution < 1.29 is 23.4 Å². The molecular weight excluding hydrogens is 268 g/mol. The van der Waals surface area contributed by atoms with E-state index in [0.717, 1.165) is 12.1 Å². The summed E-state index contributed by atoms with van der Waals surface area (Å²) in [7, 11) is 0. The summed E-state index contributed by atoms with van der Waals surface area (Å²) in [6, 6.07) is 3.26. The van der Waals surface area contributed by atoms with Gasteiger partial charge in [0.25, 0.3) is 0 Å². The molecule has 110 valence electrons. The Hall–Kier alpha value is -1.69. The third-order valence-corrected chi connectivity index (χ3v) is 3.29. The molecule has 0 aliphatic carbocycles. The molecule has 0 bridgehead atoms. The highest BCUT2D eigenvalue weighted by Gasteiger charge is 2.20. The molecule has 6 heteroatoms. The Balaban J connectivity index is 1.75. The summed E-state index contributed by atoms with van der Waals surface area (Å²) in [5.41, 5.74) is 0. The molecule has 1 N–H and O–H groups in total. The van der Waals surface area contributed by atoms with Crippen molar-refractivity contribution in [3.63, 3.8) is 0 Å². The number of benzene rings is 1. The molecule has 1 aromatic carbocycles. The Morgan fingerprint density at radius 3 is 2.65 bits per heavy atom. The van der Waals surface area contributed by atoms with Gasteiger partial charge in [0.1, 0.15) is 5.75 Å². The van der Waals surface area contributed by atoms with E-state index in [0.29, 0.717) is 25.9 Å². The van der Waals surface area contributed by atoms with Crippen molar-refractivity contribution in [3.05, 3.63) is 29.8 Å². The number of carbonyl (C=O) groups excluding carboxylic acids is 1. The average Bonchev–Trinajstić information content (AvgIpc) is 2.43. The second kappa shape index (κ2) is 6.65. The van der Waals surface area contributed by atoms with E-state index in [1.165, 1.54) is 6.07 Å². The van der Waals surface area contributed by atoms with Gasteiger partial charge < -0.3 is 14.7 Å². The van der Waals surface area contributed by atoms with Crippen molar-refractivity contribution in [2.45, 2.75) is 25.4 Å². The van der Waals surface area contributed by atoms with Crippen LogP contribution < -0.4 is 4.74 Å². The second-order valence-electron chi connectivity index (χ2n) is 4.79. The zero-order chi connectivity index (χ0) is 14.5. The molecule has 0 unspecified atom stereocenters. The number of nitrogens with zero attached hydrogens (tertiary/aromatic N) is 1. The van der Waals surface area contributed by atoms with Crippen molar-refractivity contribution in [3.8, 4) is 5.75 Å². The minimum atomic E-state index is -0.973. The van der Waals surface area contributed by atoms with Crippen molar-refractivity contribution >= 4 is 5.91 Å². The van der Waals surface area contributed by atoms with Gasteiger partial charge in [-0.1, -0.05) is 0 Å². The molecule has 1 saturated heterocycles. The fourth-order valence-electron chi connectivity index (χ4n) is 2.10. The number of rotatable bonds is 4. The van der Waals surface area contributed by atoms with Gasteiger partial charge in [-0.05, 0) is 25.0 Å². The Kier molecular flexibility index (Phi) is 4.89. The summed E-state index contributed by atoms with van der Waals surface area (Å²) in [4.78, 5) is 13.5. The number of likely N-dealkylation sites (tertiary alicyclic amines) is 1. The SMILES string of the molecule is O=C(CCOc1ccc(F)c(F)c1)N1CCC(O)CC1. The first-order valence-electron chi connectivity index (χ1n) is 6.60. The highest BCUT2D eigenvalue weighted by atomic mass is 19.2. The summed E-state index contributed by atoms with van der Waals surface area (Å²) in [6.45, 7) is 1.21. The molecule has 4 nitrogen and oxygen atoms in total. The van der Waals surface area contributed by atoms with Gasteiger partial charge >= 0.3 is 0 Å². The highest BCUT2D eigenvalue weighted by Crippen LogP contribution is 2.16. The van der Waals surface area contributed by atoms with Crippen LogP contribution in [0.5, 0.6) is 5.75 Å². The van der Waals surface area contributed by atoms with Crippen LogP contribution in [0.15, 0.2) is 18.2 Å². The highest BCUT2D eigenvalue weighted by molar-refractivity contribution is 5.76.